The van der Waals surface area contributed by atoms with E-state index in [-0.39, 0.29) is 18.2 Å². The summed E-state index contributed by atoms with van der Waals surface area (Å²) in [5, 5.41) is 1.95. The van der Waals surface area contributed by atoms with Crippen molar-refractivity contribution in [2.24, 2.45) is 0 Å². The van der Waals surface area contributed by atoms with Gasteiger partial charge in [0.25, 0.3) is 0 Å². The molecule has 24 heavy (non-hydrogen) atoms. The summed E-state index contributed by atoms with van der Waals surface area (Å²) in [7, 11) is 0. The first-order chi connectivity index (χ1) is 11.3. The number of nitrogens with one attached hydrogen (secondary N) is 1. The molecule has 0 aliphatic heterocycles. The summed E-state index contributed by atoms with van der Waals surface area (Å²) in [4.78, 5) is 29.9. The Kier molecular flexibility index (Phi) is 5.50. The van der Waals surface area contributed by atoms with Crippen LogP contribution in [0.15, 0.2) is 24.5 Å². The number of anilines is 1. The van der Waals surface area contributed by atoms with Crippen LogP contribution in [0.2, 0.25) is 0 Å². The van der Waals surface area contributed by atoms with Crippen molar-refractivity contribution in [1.29, 1.82) is 0 Å². The molecule has 2 aromatic rings. The van der Waals surface area contributed by atoms with Crippen molar-refractivity contribution in [3.63, 3.8) is 0 Å². The van der Waals surface area contributed by atoms with E-state index in [4.69, 9.17) is 0 Å². The van der Waals surface area contributed by atoms with Crippen molar-refractivity contribution in [3.8, 4) is 0 Å². The summed E-state index contributed by atoms with van der Waals surface area (Å²) in [5.41, 5.74) is -0.731. The van der Waals surface area contributed by atoms with E-state index >= 15 is 0 Å². The fraction of sp³-hybridized carbons (Fsp3) is 0.286. The lowest BCUT2D eigenvalue weighted by atomic mass is 10.2. The first kappa shape index (κ1) is 17.9. The zero-order valence-corrected chi connectivity index (χ0v) is 13.2. The van der Waals surface area contributed by atoms with Gasteiger partial charge in [0.1, 0.15) is 4.88 Å². The standard InChI is InChI=1S/C14H12F3N3O3S/c1-2-23-12(22)10-11(14(15,16)17)20-13(24-10)19-9(21)7-8-3-5-18-6-4-8/h3-6H,2,7H2,1H3,(H,19,20,21). The summed E-state index contributed by atoms with van der Waals surface area (Å²) in [6.45, 7) is 1.40. The van der Waals surface area contributed by atoms with Crippen LogP contribution in [0.4, 0.5) is 18.3 Å². The van der Waals surface area contributed by atoms with E-state index in [0.717, 1.165) is 0 Å². The van der Waals surface area contributed by atoms with Crippen LogP contribution < -0.4 is 5.32 Å². The highest BCUT2D eigenvalue weighted by molar-refractivity contribution is 7.17. The van der Waals surface area contributed by atoms with Crippen molar-refractivity contribution < 1.29 is 27.5 Å². The van der Waals surface area contributed by atoms with Crippen molar-refractivity contribution in [2.45, 2.75) is 19.5 Å². The lowest BCUT2D eigenvalue weighted by Crippen LogP contribution is -2.15. The number of nitrogens with zero attached hydrogens (tertiary/aromatic N) is 2. The SMILES string of the molecule is CCOC(=O)c1sc(NC(=O)Cc2ccncc2)nc1C(F)(F)F. The zero-order chi connectivity index (χ0) is 17.7. The van der Waals surface area contributed by atoms with Crippen LogP contribution in [0.5, 0.6) is 0 Å². The first-order valence-corrected chi connectivity index (χ1v) is 7.56. The van der Waals surface area contributed by atoms with E-state index in [1.165, 1.54) is 19.3 Å². The fourth-order valence-electron chi connectivity index (χ4n) is 1.75. The van der Waals surface area contributed by atoms with Crippen LogP contribution in [0, 0.1) is 0 Å². The minimum absolute atomic E-state index is 0.0574. The number of carbonyl (C=O) groups excluding carboxylic acids is 2. The van der Waals surface area contributed by atoms with Gasteiger partial charge in [0.05, 0.1) is 13.0 Å². The van der Waals surface area contributed by atoms with E-state index < -0.39 is 28.6 Å². The summed E-state index contributed by atoms with van der Waals surface area (Å²) in [5.74, 6) is -1.68. The van der Waals surface area contributed by atoms with Crippen molar-refractivity contribution >= 4 is 28.3 Å². The van der Waals surface area contributed by atoms with E-state index in [1.807, 2.05) is 0 Å². The van der Waals surface area contributed by atoms with Gasteiger partial charge < -0.3 is 10.1 Å². The number of thiazole rings is 1. The summed E-state index contributed by atoms with van der Waals surface area (Å²) >= 11 is 0.423. The van der Waals surface area contributed by atoms with E-state index in [2.05, 4.69) is 20.0 Å². The fourth-order valence-corrected chi connectivity index (χ4v) is 2.65. The molecule has 0 fully saturated rings. The molecule has 0 bridgehead atoms. The zero-order valence-electron chi connectivity index (χ0n) is 12.4. The smallest absolute Gasteiger partial charge is 0.435 e. The molecule has 0 aliphatic carbocycles. The van der Waals surface area contributed by atoms with Gasteiger partial charge in [-0.25, -0.2) is 9.78 Å². The number of carbonyl (C=O) groups is 2. The number of hydrogen-bond donors (Lipinski definition) is 1. The maximum absolute atomic E-state index is 13.0. The van der Waals surface area contributed by atoms with Gasteiger partial charge in [-0.15, -0.1) is 0 Å². The molecule has 0 atom stereocenters. The molecule has 0 saturated carbocycles. The number of hydrogen-bond acceptors (Lipinski definition) is 6. The summed E-state index contributed by atoms with van der Waals surface area (Å²) in [6, 6.07) is 3.21. The average molecular weight is 359 g/mol. The number of esters is 1. The number of pyridine rings is 1. The molecule has 0 spiro atoms. The lowest BCUT2D eigenvalue weighted by Gasteiger charge is -2.05. The van der Waals surface area contributed by atoms with Crippen molar-refractivity contribution in [2.75, 3.05) is 11.9 Å². The maximum atomic E-state index is 13.0. The number of amides is 1. The normalized spacial score (nSPS) is 11.2. The van der Waals surface area contributed by atoms with Gasteiger partial charge in [-0.2, -0.15) is 13.2 Å². The molecular weight excluding hydrogens is 347 g/mol. The van der Waals surface area contributed by atoms with Crippen LogP contribution in [0.3, 0.4) is 0 Å². The van der Waals surface area contributed by atoms with Gasteiger partial charge in [0.15, 0.2) is 10.8 Å². The lowest BCUT2D eigenvalue weighted by molar-refractivity contribution is -0.141. The van der Waals surface area contributed by atoms with Gasteiger partial charge in [0, 0.05) is 12.4 Å². The van der Waals surface area contributed by atoms with Crippen molar-refractivity contribution in [1.82, 2.24) is 9.97 Å². The van der Waals surface area contributed by atoms with Gasteiger partial charge in [0.2, 0.25) is 5.91 Å². The van der Waals surface area contributed by atoms with Crippen LogP contribution in [-0.4, -0.2) is 28.5 Å². The highest BCUT2D eigenvalue weighted by atomic mass is 32.1. The third kappa shape index (κ3) is 4.51. The first-order valence-electron chi connectivity index (χ1n) is 6.75. The van der Waals surface area contributed by atoms with Crippen LogP contribution in [-0.2, 0) is 22.1 Å². The molecule has 1 N–H and O–H groups in total. The molecule has 6 nitrogen and oxygen atoms in total. The van der Waals surface area contributed by atoms with Crippen molar-refractivity contribution in [3.05, 3.63) is 40.7 Å². The third-order valence-electron chi connectivity index (χ3n) is 2.72. The highest BCUT2D eigenvalue weighted by Gasteiger charge is 2.40. The molecule has 2 heterocycles. The second-order valence-corrected chi connectivity index (χ2v) is 5.49. The molecule has 0 aliphatic rings. The Morgan fingerprint density at radius 3 is 2.54 bits per heavy atom. The Morgan fingerprint density at radius 2 is 1.96 bits per heavy atom. The Bertz CT molecular complexity index is 732. The Balaban J connectivity index is 2.18. The molecule has 0 aromatic carbocycles. The molecule has 0 radical (unpaired) electrons. The van der Waals surface area contributed by atoms with Gasteiger partial charge >= 0.3 is 12.1 Å². The quantitative estimate of drug-likeness (QED) is 0.830. The van der Waals surface area contributed by atoms with Crippen LogP contribution in [0.25, 0.3) is 0 Å². The number of rotatable bonds is 5. The predicted octanol–water partition coefficient (Wildman–Crippen LogP) is 2.91. The molecule has 0 unspecified atom stereocenters. The number of ether oxygens (including phenoxy) is 1. The average Bonchev–Trinajstić information content (AvgIpc) is 2.92. The molecule has 128 valence electrons. The monoisotopic (exact) mass is 359 g/mol. The topological polar surface area (TPSA) is 81.2 Å². The maximum Gasteiger partial charge on any atom is 0.435 e. The highest BCUT2D eigenvalue weighted by Crippen LogP contribution is 2.36. The second-order valence-electron chi connectivity index (χ2n) is 4.50. The molecule has 1 amide bonds. The van der Waals surface area contributed by atoms with Gasteiger partial charge in [-0.05, 0) is 24.6 Å². The number of aromatic nitrogens is 2. The van der Waals surface area contributed by atoms with Crippen LogP contribution >= 0.6 is 11.3 Å². The number of alkyl halides is 3. The minimum Gasteiger partial charge on any atom is -0.462 e. The minimum atomic E-state index is -4.83. The molecule has 2 aromatic heterocycles. The van der Waals surface area contributed by atoms with E-state index in [9.17, 15) is 22.8 Å². The van der Waals surface area contributed by atoms with E-state index in [0.29, 0.717) is 16.9 Å². The Labute approximate surface area is 138 Å². The molecular formula is C14H12F3N3O3S. The third-order valence-corrected chi connectivity index (χ3v) is 3.67. The van der Waals surface area contributed by atoms with Gasteiger partial charge in [-0.1, -0.05) is 11.3 Å². The second kappa shape index (κ2) is 7.39. The molecule has 2 rings (SSSR count). The van der Waals surface area contributed by atoms with Crippen LogP contribution in [0.1, 0.15) is 27.9 Å². The summed E-state index contributed by atoms with van der Waals surface area (Å²) < 4.78 is 43.5. The Hall–Kier alpha value is -2.49. The largest absolute Gasteiger partial charge is 0.462 e. The summed E-state index contributed by atoms with van der Waals surface area (Å²) in [6.07, 6.45) is -1.90. The predicted molar refractivity (Wildman–Crippen MR) is 79.6 cm³/mol. The van der Waals surface area contributed by atoms with Gasteiger partial charge in [-0.3, -0.25) is 9.78 Å². The molecule has 0 saturated heterocycles. The van der Waals surface area contributed by atoms with E-state index in [1.54, 1.807) is 12.1 Å². The number of halogens is 3. The Morgan fingerprint density at radius 1 is 1.29 bits per heavy atom. The molecule has 10 heteroatoms.